The van der Waals surface area contributed by atoms with Crippen LogP contribution < -0.4 is 4.90 Å². The van der Waals surface area contributed by atoms with Crippen molar-refractivity contribution in [1.29, 1.82) is 0 Å². The maximum atomic E-state index is 12.6. The zero-order valence-corrected chi connectivity index (χ0v) is 12.5. The Balaban J connectivity index is 1.61. The van der Waals surface area contributed by atoms with Crippen molar-refractivity contribution in [2.75, 3.05) is 18.0 Å². The molecule has 0 atom stereocenters. The van der Waals surface area contributed by atoms with Gasteiger partial charge in [0.05, 0.1) is 10.7 Å². The number of halogens is 4. The van der Waals surface area contributed by atoms with E-state index in [1.807, 2.05) is 15.8 Å². The van der Waals surface area contributed by atoms with Crippen LogP contribution in [0.4, 0.5) is 18.9 Å². The zero-order chi connectivity index (χ0) is 15.0. The molecule has 0 N–H and O–H groups in total. The van der Waals surface area contributed by atoms with Crippen molar-refractivity contribution in [3.63, 3.8) is 0 Å². The first-order valence-corrected chi connectivity index (χ1v) is 7.17. The maximum Gasteiger partial charge on any atom is 0.433 e. The average molecular weight is 361 g/mol. The third kappa shape index (κ3) is 3.20. The topological polar surface area (TPSA) is 34.0 Å². The van der Waals surface area contributed by atoms with E-state index in [1.54, 1.807) is 12.3 Å². The highest BCUT2D eigenvalue weighted by Crippen LogP contribution is 2.32. The Hall–Kier alpha value is -1.57. The summed E-state index contributed by atoms with van der Waals surface area (Å²) in [6.45, 7) is 2.21. The predicted octanol–water partition coefficient (Wildman–Crippen LogP) is 3.20. The van der Waals surface area contributed by atoms with Crippen molar-refractivity contribution in [2.24, 2.45) is 5.92 Å². The van der Waals surface area contributed by atoms with Gasteiger partial charge in [-0.2, -0.15) is 18.3 Å². The van der Waals surface area contributed by atoms with Gasteiger partial charge in [-0.3, -0.25) is 9.67 Å². The molecular formula is C13H12BrF3N4. The van der Waals surface area contributed by atoms with Gasteiger partial charge in [-0.05, 0) is 28.1 Å². The van der Waals surface area contributed by atoms with E-state index in [-0.39, 0.29) is 0 Å². The zero-order valence-electron chi connectivity index (χ0n) is 10.9. The van der Waals surface area contributed by atoms with Crippen LogP contribution in [-0.4, -0.2) is 27.9 Å². The molecule has 3 heterocycles. The quantitative estimate of drug-likeness (QED) is 0.842. The molecule has 0 saturated carbocycles. The highest BCUT2D eigenvalue weighted by atomic mass is 79.9. The van der Waals surface area contributed by atoms with E-state index >= 15 is 0 Å². The molecule has 0 aromatic carbocycles. The minimum absolute atomic E-state index is 0.388. The van der Waals surface area contributed by atoms with Crippen molar-refractivity contribution in [3.8, 4) is 0 Å². The van der Waals surface area contributed by atoms with Crippen molar-refractivity contribution in [1.82, 2.24) is 14.8 Å². The second-order valence-electron chi connectivity index (χ2n) is 5.05. The number of pyridine rings is 1. The average Bonchev–Trinajstić information content (AvgIpc) is 2.78. The number of hydrogen-bond donors (Lipinski definition) is 0. The summed E-state index contributed by atoms with van der Waals surface area (Å²) in [5.74, 6) is 0.388. The van der Waals surface area contributed by atoms with Crippen LogP contribution in [0.3, 0.4) is 0 Å². The molecule has 1 saturated heterocycles. The fourth-order valence-electron chi connectivity index (χ4n) is 2.37. The van der Waals surface area contributed by atoms with Crippen molar-refractivity contribution in [2.45, 2.75) is 12.7 Å². The first kappa shape index (κ1) is 14.4. The third-order valence-corrected chi connectivity index (χ3v) is 3.81. The predicted molar refractivity (Wildman–Crippen MR) is 74.9 cm³/mol. The molecular weight excluding hydrogens is 349 g/mol. The molecule has 0 radical (unpaired) electrons. The first-order chi connectivity index (χ1) is 9.91. The van der Waals surface area contributed by atoms with E-state index in [1.165, 1.54) is 6.20 Å². The largest absolute Gasteiger partial charge is 0.433 e. The summed E-state index contributed by atoms with van der Waals surface area (Å²) in [5, 5.41) is 4.17. The normalized spacial score (nSPS) is 16.1. The lowest BCUT2D eigenvalue weighted by Gasteiger charge is -2.41. The third-order valence-electron chi connectivity index (χ3n) is 3.40. The molecule has 2 aromatic heterocycles. The van der Waals surface area contributed by atoms with Gasteiger partial charge in [0.15, 0.2) is 0 Å². The first-order valence-electron chi connectivity index (χ1n) is 6.38. The van der Waals surface area contributed by atoms with Gasteiger partial charge in [0.2, 0.25) is 0 Å². The number of alkyl halides is 3. The van der Waals surface area contributed by atoms with Gasteiger partial charge in [-0.1, -0.05) is 0 Å². The molecule has 0 bridgehead atoms. The van der Waals surface area contributed by atoms with Gasteiger partial charge in [-0.25, -0.2) is 0 Å². The van der Waals surface area contributed by atoms with Crippen molar-refractivity contribution in [3.05, 3.63) is 40.9 Å². The fourth-order valence-corrected chi connectivity index (χ4v) is 2.70. The summed E-state index contributed by atoms with van der Waals surface area (Å²) in [6, 6.07) is 2.71. The molecule has 0 aliphatic carbocycles. The molecule has 4 nitrogen and oxygen atoms in total. The molecule has 0 unspecified atom stereocenters. The summed E-state index contributed by atoms with van der Waals surface area (Å²) in [4.78, 5) is 5.29. The number of nitrogens with zero attached hydrogens (tertiary/aromatic N) is 4. The van der Waals surface area contributed by atoms with Crippen LogP contribution in [0.2, 0.25) is 0 Å². The summed E-state index contributed by atoms with van der Waals surface area (Å²) in [5.41, 5.74) is -0.283. The van der Waals surface area contributed by atoms with Gasteiger partial charge in [0.1, 0.15) is 5.69 Å². The minimum atomic E-state index is -4.40. The van der Waals surface area contributed by atoms with Crippen LogP contribution in [-0.2, 0) is 12.7 Å². The summed E-state index contributed by atoms with van der Waals surface area (Å²) >= 11 is 3.33. The van der Waals surface area contributed by atoms with E-state index < -0.39 is 11.9 Å². The van der Waals surface area contributed by atoms with Gasteiger partial charge < -0.3 is 4.90 Å². The number of rotatable bonds is 3. The summed E-state index contributed by atoms with van der Waals surface area (Å²) < 4.78 is 40.6. The van der Waals surface area contributed by atoms with E-state index in [0.717, 1.165) is 30.2 Å². The molecule has 0 amide bonds. The Labute approximate surface area is 127 Å². The van der Waals surface area contributed by atoms with Gasteiger partial charge >= 0.3 is 6.18 Å². The Morgan fingerprint density at radius 3 is 2.71 bits per heavy atom. The van der Waals surface area contributed by atoms with Crippen molar-refractivity contribution >= 4 is 21.6 Å². The van der Waals surface area contributed by atoms with E-state index in [4.69, 9.17) is 0 Å². The van der Waals surface area contributed by atoms with Crippen LogP contribution in [0.15, 0.2) is 35.2 Å². The Bertz CT molecular complexity index is 634. The Morgan fingerprint density at radius 1 is 1.33 bits per heavy atom. The Morgan fingerprint density at radius 2 is 2.10 bits per heavy atom. The van der Waals surface area contributed by atoms with E-state index in [0.29, 0.717) is 11.6 Å². The fraction of sp³-hybridized carbons (Fsp3) is 0.385. The van der Waals surface area contributed by atoms with Crippen LogP contribution in [0, 0.1) is 5.92 Å². The summed E-state index contributed by atoms with van der Waals surface area (Å²) in [7, 11) is 0. The highest BCUT2D eigenvalue weighted by Gasteiger charge is 2.34. The SMILES string of the molecule is FC(F)(F)c1cc(N2CC(Cn3cc(Br)cn3)C2)ccn1. The lowest BCUT2D eigenvalue weighted by Crippen LogP contribution is -2.48. The van der Waals surface area contributed by atoms with Crippen LogP contribution in [0.25, 0.3) is 0 Å². The molecule has 3 rings (SSSR count). The summed E-state index contributed by atoms with van der Waals surface area (Å²) in [6.07, 6.45) is 0.406. The van der Waals surface area contributed by atoms with Crippen LogP contribution in [0.5, 0.6) is 0 Å². The van der Waals surface area contributed by atoms with Gasteiger partial charge in [0, 0.05) is 43.6 Å². The van der Waals surface area contributed by atoms with Gasteiger partial charge in [-0.15, -0.1) is 0 Å². The molecule has 1 aliphatic rings. The second-order valence-corrected chi connectivity index (χ2v) is 5.96. The Kier molecular flexibility index (Phi) is 3.64. The number of aromatic nitrogens is 3. The molecule has 1 fully saturated rings. The molecule has 112 valence electrons. The number of anilines is 1. The molecule has 8 heteroatoms. The standard InChI is InChI=1S/C13H12BrF3N4/c14-10-4-19-21(8-10)7-9-5-20(6-9)11-1-2-18-12(3-11)13(15,16)17/h1-4,8-9H,5-7H2. The van der Waals surface area contributed by atoms with E-state index in [9.17, 15) is 13.2 Å². The molecule has 21 heavy (non-hydrogen) atoms. The highest BCUT2D eigenvalue weighted by molar-refractivity contribution is 9.10. The lowest BCUT2D eigenvalue weighted by atomic mass is 9.99. The minimum Gasteiger partial charge on any atom is -0.371 e. The maximum absolute atomic E-state index is 12.6. The van der Waals surface area contributed by atoms with Crippen LogP contribution >= 0.6 is 15.9 Å². The molecule has 2 aromatic rings. The lowest BCUT2D eigenvalue weighted by molar-refractivity contribution is -0.141. The van der Waals surface area contributed by atoms with Crippen molar-refractivity contribution < 1.29 is 13.2 Å². The van der Waals surface area contributed by atoms with E-state index in [2.05, 4.69) is 26.0 Å². The smallest absolute Gasteiger partial charge is 0.371 e. The molecule has 1 aliphatic heterocycles. The number of hydrogen-bond acceptors (Lipinski definition) is 3. The van der Waals surface area contributed by atoms with Crippen LogP contribution in [0.1, 0.15) is 5.69 Å². The monoisotopic (exact) mass is 360 g/mol. The molecule has 0 spiro atoms. The van der Waals surface area contributed by atoms with Gasteiger partial charge in [0.25, 0.3) is 0 Å². The second kappa shape index (κ2) is 5.32.